The molecule has 140 valence electrons. The third-order valence-electron chi connectivity index (χ3n) is 4.31. The van der Waals surface area contributed by atoms with Gasteiger partial charge in [-0.1, -0.05) is 13.0 Å². The third-order valence-corrected chi connectivity index (χ3v) is 7.82. The number of halogens is 1. The van der Waals surface area contributed by atoms with Gasteiger partial charge in [-0.2, -0.15) is 4.31 Å². The molecule has 1 aromatic heterocycles. The fourth-order valence-electron chi connectivity index (χ4n) is 2.80. The van der Waals surface area contributed by atoms with Crippen molar-refractivity contribution in [2.24, 2.45) is 0 Å². The Morgan fingerprint density at radius 3 is 2.54 bits per heavy atom. The van der Waals surface area contributed by atoms with Crippen molar-refractivity contribution in [1.82, 2.24) is 9.21 Å². The van der Waals surface area contributed by atoms with Crippen molar-refractivity contribution in [3.05, 3.63) is 45.1 Å². The number of hydrogen-bond acceptors (Lipinski definition) is 5. The first-order chi connectivity index (χ1) is 12.4. The van der Waals surface area contributed by atoms with Crippen molar-refractivity contribution in [3.63, 3.8) is 0 Å². The molecule has 1 fully saturated rings. The van der Waals surface area contributed by atoms with Gasteiger partial charge in [0.1, 0.15) is 0 Å². The molecule has 0 unspecified atom stereocenters. The third kappa shape index (κ3) is 4.34. The van der Waals surface area contributed by atoms with E-state index in [1.807, 2.05) is 0 Å². The van der Waals surface area contributed by atoms with Crippen LogP contribution in [0.3, 0.4) is 0 Å². The van der Waals surface area contributed by atoms with Crippen LogP contribution >= 0.6 is 27.3 Å². The molecule has 2 aromatic rings. The Bertz CT molecular complexity index is 890. The number of benzene rings is 1. The zero-order chi connectivity index (χ0) is 18.7. The lowest BCUT2D eigenvalue weighted by molar-refractivity contribution is 0.103. The zero-order valence-electron chi connectivity index (χ0n) is 14.3. The molecule has 1 saturated heterocycles. The van der Waals surface area contributed by atoms with Gasteiger partial charge in [-0.25, -0.2) is 8.42 Å². The highest BCUT2D eigenvalue weighted by Gasteiger charge is 2.28. The number of carbonyl (C=O) groups excluding carboxylic acids is 1. The largest absolute Gasteiger partial charge is 0.321 e. The molecule has 1 N–H and O–H groups in total. The number of nitrogens with one attached hydrogen (secondary N) is 1. The number of thiophene rings is 1. The summed E-state index contributed by atoms with van der Waals surface area (Å²) in [6.45, 7) is 5.43. The number of hydrogen-bond donors (Lipinski definition) is 1. The number of carbonyl (C=O) groups is 1. The summed E-state index contributed by atoms with van der Waals surface area (Å²) in [5.41, 5.74) is 0.466. The van der Waals surface area contributed by atoms with Crippen LogP contribution in [-0.4, -0.2) is 56.3 Å². The Labute approximate surface area is 166 Å². The molecule has 6 nitrogen and oxygen atoms in total. The Hall–Kier alpha value is -1.26. The van der Waals surface area contributed by atoms with E-state index in [9.17, 15) is 13.2 Å². The Balaban J connectivity index is 1.75. The SMILES string of the molecule is CCN1CCN(S(=O)(=O)c2cccc(NC(=O)c3ccc(Br)s3)c2)CC1. The number of nitrogens with zero attached hydrogens (tertiary/aromatic N) is 2. The minimum absolute atomic E-state index is 0.201. The molecule has 0 bridgehead atoms. The van der Waals surface area contributed by atoms with Gasteiger partial charge in [0.15, 0.2) is 0 Å². The van der Waals surface area contributed by atoms with Gasteiger partial charge in [-0.05, 0) is 52.8 Å². The van der Waals surface area contributed by atoms with E-state index in [-0.39, 0.29) is 10.8 Å². The molecule has 0 spiro atoms. The van der Waals surface area contributed by atoms with Gasteiger partial charge in [-0.3, -0.25) is 4.79 Å². The summed E-state index contributed by atoms with van der Waals surface area (Å²) in [5, 5.41) is 2.76. The highest BCUT2D eigenvalue weighted by Crippen LogP contribution is 2.24. The minimum Gasteiger partial charge on any atom is -0.321 e. The van der Waals surface area contributed by atoms with Crippen molar-refractivity contribution in [2.75, 3.05) is 38.0 Å². The van der Waals surface area contributed by atoms with Crippen LogP contribution in [0, 0.1) is 0 Å². The number of sulfonamides is 1. The summed E-state index contributed by atoms with van der Waals surface area (Å²) in [6.07, 6.45) is 0. The molecule has 26 heavy (non-hydrogen) atoms. The van der Waals surface area contributed by atoms with Crippen LogP contribution in [0.2, 0.25) is 0 Å². The minimum atomic E-state index is -3.56. The van der Waals surface area contributed by atoms with Gasteiger partial charge in [0.05, 0.1) is 13.6 Å². The van der Waals surface area contributed by atoms with Crippen molar-refractivity contribution in [3.8, 4) is 0 Å². The molecule has 0 atom stereocenters. The average Bonchev–Trinajstić information content (AvgIpc) is 3.08. The molecule has 0 aliphatic carbocycles. The maximum atomic E-state index is 12.9. The van der Waals surface area contributed by atoms with Gasteiger partial charge in [0.25, 0.3) is 5.91 Å². The lowest BCUT2D eigenvalue weighted by Gasteiger charge is -2.33. The summed E-state index contributed by atoms with van der Waals surface area (Å²) in [7, 11) is -3.56. The number of amides is 1. The normalized spacial score (nSPS) is 16.5. The van der Waals surface area contributed by atoms with Crippen LogP contribution < -0.4 is 5.32 Å². The lowest BCUT2D eigenvalue weighted by Crippen LogP contribution is -2.48. The first-order valence-electron chi connectivity index (χ1n) is 8.29. The smallest absolute Gasteiger partial charge is 0.265 e. The van der Waals surface area contributed by atoms with Crippen molar-refractivity contribution >= 4 is 48.9 Å². The summed E-state index contributed by atoms with van der Waals surface area (Å²) in [5.74, 6) is -0.258. The molecule has 0 radical (unpaired) electrons. The number of likely N-dealkylation sites (N-methyl/N-ethyl adjacent to an activating group) is 1. The molecule has 1 aromatic carbocycles. The maximum absolute atomic E-state index is 12.9. The summed E-state index contributed by atoms with van der Waals surface area (Å²) in [4.78, 5) is 15.3. The Morgan fingerprint density at radius 2 is 1.92 bits per heavy atom. The number of anilines is 1. The highest BCUT2D eigenvalue weighted by atomic mass is 79.9. The van der Waals surface area contributed by atoms with E-state index in [1.165, 1.54) is 21.7 Å². The van der Waals surface area contributed by atoms with Gasteiger partial charge >= 0.3 is 0 Å². The van der Waals surface area contributed by atoms with E-state index in [0.29, 0.717) is 23.7 Å². The molecule has 9 heteroatoms. The zero-order valence-corrected chi connectivity index (χ0v) is 17.5. The van der Waals surface area contributed by atoms with E-state index in [0.717, 1.165) is 23.4 Å². The van der Waals surface area contributed by atoms with Crippen LogP contribution in [0.1, 0.15) is 16.6 Å². The second-order valence-electron chi connectivity index (χ2n) is 5.92. The van der Waals surface area contributed by atoms with Crippen molar-refractivity contribution in [2.45, 2.75) is 11.8 Å². The summed E-state index contributed by atoms with van der Waals surface area (Å²) < 4.78 is 28.1. The van der Waals surface area contributed by atoms with Crippen molar-refractivity contribution in [1.29, 1.82) is 0 Å². The molecule has 1 aliphatic rings. The maximum Gasteiger partial charge on any atom is 0.265 e. The fraction of sp³-hybridized carbons (Fsp3) is 0.353. The molecular formula is C17H20BrN3O3S2. The van der Waals surface area contributed by atoms with Gasteiger partial charge in [0, 0.05) is 31.9 Å². The fourth-order valence-corrected chi connectivity index (χ4v) is 5.55. The molecule has 2 heterocycles. The first kappa shape index (κ1) is 19.5. The van der Waals surface area contributed by atoms with Gasteiger partial charge < -0.3 is 10.2 Å². The van der Waals surface area contributed by atoms with Crippen LogP contribution in [0.5, 0.6) is 0 Å². The highest BCUT2D eigenvalue weighted by molar-refractivity contribution is 9.11. The van der Waals surface area contributed by atoms with Crippen LogP contribution in [0.15, 0.2) is 45.1 Å². The van der Waals surface area contributed by atoms with Crippen LogP contribution in [0.25, 0.3) is 0 Å². The molecule has 3 rings (SSSR count). The van der Waals surface area contributed by atoms with Crippen LogP contribution in [-0.2, 0) is 10.0 Å². The quantitative estimate of drug-likeness (QED) is 0.748. The van der Waals surface area contributed by atoms with E-state index in [1.54, 1.807) is 30.3 Å². The van der Waals surface area contributed by atoms with Crippen molar-refractivity contribution < 1.29 is 13.2 Å². The molecule has 1 amide bonds. The molecule has 1 aliphatic heterocycles. The van der Waals surface area contributed by atoms with E-state index < -0.39 is 10.0 Å². The van der Waals surface area contributed by atoms with E-state index in [2.05, 4.69) is 33.1 Å². The monoisotopic (exact) mass is 457 g/mol. The standard InChI is InChI=1S/C17H20BrN3O3S2/c1-2-20-8-10-21(11-9-20)26(23,24)14-5-3-4-13(12-14)19-17(22)15-6-7-16(18)25-15/h3-7,12H,2,8-11H2,1H3,(H,19,22). The average molecular weight is 458 g/mol. The van der Waals surface area contributed by atoms with Crippen LogP contribution in [0.4, 0.5) is 5.69 Å². The number of rotatable bonds is 5. The topological polar surface area (TPSA) is 69.7 Å². The second kappa shape index (κ2) is 8.18. The second-order valence-corrected chi connectivity index (χ2v) is 10.3. The first-order valence-corrected chi connectivity index (χ1v) is 11.3. The predicted molar refractivity (Wildman–Crippen MR) is 107 cm³/mol. The van der Waals surface area contributed by atoms with E-state index in [4.69, 9.17) is 0 Å². The summed E-state index contributed by atoms with van der Waals surface area (Å²) >= 11 is 4.65. The molecular weight excluding hydrogens is 438 g/mol. The van der Waals surface area contributed by atoms with Gasteiger partial charge in [-0.15, -0.1) is 11.3 Å². The number of piperazine rings is 1. The Morgan fingerprint density at radius 1 is 1.19 bits per heavy atom. The van der Waals surface area contributed by atoms with Gasteiger partial charge in [0.2, 0.25) is 10.0 Å². The summed E-state index contributed by atoms with van der Waals surface area (Å²) in [6, 6.07) is 9.94. The molecule has 0 saturated carbocycles. The predicted octanol–water partition coefficient (Wildman–Crippen LogP) is 3.09. The lowest BCUT2D eigenvalue weighted by atomic mass is 10.3. The Kier molecular flexibility index (Phi) is 6.13. The van der Waals surface area contributed by atoms with E-state index >= 15 is 0 Å².